The lowest BCUT2D eigenvalue weighted by Crippen LogP contribution is -2.30. The number of hydrogen-bond acceptors (Lipinski definition) is 2. The maximum Gasteiger partial charge on any atom is 0.223 e. The molecule has 1 aromatic carbocycles. The van der Waals surface area contributed by atoms with Crippen LogP contribution in [0.2, 0.25) is 0 Å². The van der Waals surface area contributed by atoms with E-state index in [-0.39, 0.29) is 11.8 Å². The lowest BCUT2D eigenvalue weighted by Gasteiger charge is -2.13. The standard InChI is InChI=1S/C23H27N3O/c1-15-4-6-18(7-5-15)21-11-17(3)14-26-20(13-24-22(21)26)10-16(2)12-25-23(27)19-8-9-19/h4-7,11,13-14,16,19H,8-10,12H2,1-3H3,(H,25,27). The third-order valence-corrected chi connectivity index (χ3v) is 5.31. The lowest BCUT2D eigenvalue weighted by molar-refractivity contribution is -0.122. The molecule has 0 saturated heterocycles. The number of nitrogens with zero attached hydrogens (tertiary/aromatic N) is 2. The van der Waals surface area contributed by atoms with Crippen molar-refractivity contribution in [3.63, 3.8) is 0 Å². The van der Waals surface area contributed by atoms with Crippen LogP contribution >= 0.6 is 0 Å². The van der Waals surface area contributed by atoms with Crippen LogP contribution in [0.4, 0.5) is 0 Å². The van der Waals surface area contributed by atoms with E-state index >= 15 is 0 Å². The van der Waals surface area contributed by atoms with Crippen LogP contribution in [0.5, 0.6) is 0 Å². The number of hydrogen-bond donors (Lipinski definition) is 1. The van der Waals surface area contributed by atoms with Gasteiger partial charge in [0.25, 0.3) is 0 Å². The third kappa shape index (κ3) is 3.90. The summed E-state index contributed by atoms with van der Waals surface area (Å²) in [5.74, 6) is 0.862. The highest BCUT2D eigenvalue weighted by molar-refractivity contribution is 5.80. The van der Waals surface area contributed by atoms with Crippen molar-refractivity contribution < 1.29 is 4.79 Å². The average molecular weight is 361 g/mol. The molecule has 2 aromatic heterocycles. The normalized spacial score (nSPS) is 15.1. The number of carbonyl (C=O) groups is 1. The molecule has 1 unspecified atom stereocenters. The minimum Gasteiger partial charge on any atom is -0.356 e. The topological polar surface area (TPSA) is 46.4 Å². The van der Waals surface area contributed by atoms with Gasteiger partial charge in [0.15, 0.2) is 0 Å². The van der Waals surface area contributed by atoms with Gasteiger partial charge in [-0.2, -0.15) is 0 Å². The molecule has 0 spiro atoms. The van der Waals surface area contributed by atoms with E-state index < -0.39 is 0 Å². The SMILES string of the molecule is Cc1ccc(-c2cc(C)cn3c(CC(C)CNC(=O)C4CC4)cnc23)cc1. The molecule has 1 fully saturated rings. The molecule has 140 valence electrons. The van der Waals surface area contributed by atoms with Gasteiger partial charge < -0.3 is 9.72 Å². The van der Waals surface area contributed by atoms with Crippen LogP contribution in [-0.2, 0) is 11.2 Å². The molecule has 1 atom stereocenters. The van der Waals surface area contributed by atoms with Crippen LogP contribution in [0, 0.1) is 25.7 Å². The molecule has 0 radical (unpaired) electrons. The summed E-state index contributed by atoms with van der Waals surface area (Å²) in [5.41, 5.74) is 7.01. The molecular formula is C23H27N3O. The quantitative estimate of drug-likeness (QED) is 0.711. The Bertz CT molecular complexity index is 967. The number of imidazole rings is 1. The largest absolute Gasteiger partial charge is 0.356 e. The first-order valence-electron chi connectivity index (χ1n) is 9.82. The second kappa shape index (κ2) is 7.18. The summed E-state index contributed by atoms with van der Waals surface area (Å²) in [6, 6.07) is 10.8. The van der Waals surface area contributed by atoms with Crippen LogP contribution in [0.25, 0.3) is 16.8 Å². The van der Waals surface area contributed by atoms with Crippen LogP contribution < -0.4 is 5.32 Å². The van der Waals surface area contributed by atoms with Gasteiger partial charge in [0, 0.05) is 36.1 Å². The molecule has 4 heteroatoms. The molecule has 2 heterocycles. The number of fused-ring (bicyclic) bond motifs is 1. The first kappa shape index (κ1) is 17.8. The monoisotopic (exact) mass is 361 g/mol. The Labute approximate surface area is 160 Å². The van der Waals surface area contributed by atoms with Crippen molar-refractivity contribution in [3.8, 4) is 11.1 Å². The van der Waals surface area contributed by atoms with Gasteiger partial charge in [-0.15, -0.1) is 0 Å². The average Bonchev–Trinajstić information content (AvgIpc) is 3.43. The highest BCUT2D eigenvalue weighted by atomic mass is 16.2. The number of rotatable bonds is 6. The van der Waals surface area contributed by atoms with Crippen molar-refractivity contribution in [3.05, 3.63) is 59.5 Å². The first-order chi connectivity index (χ1) is 13.0. The van der Waals surface area contributed by atoms with E-state index in [9.17, 15) is 4.79 Å². The Morgan fingerprint density at radius 3 is 2.67 bits per heavy atom. The molecule has 1 N–H and O–H groups in total. The molecule has 1 saturated carbocycles. The summed E-state index contributed by atoms with van der Waals surface area (Å²) in [4.78, 5) is 16.6. The molecule has 0 bridgehead atoms. The van der Waals surface area contributed by atoms with Crippen molar-refractivity contribution in [1.29, 1.82) is 0 Å². The number of nitrogens with one attached hydrogen (secondary N) is 1. The second-order valence-corrected chi connectivity index (χ2v) is 8.07. The fourth-order valence-corrected chi connectivity index (χ4v) is 3.56. The minimum atomic E-state index is 0.220. The maximum absolute atomic E-state index is 11.9. The van der Waals surface area contributed by atoms with Gasteiger partial charge in [-0.3, -0.25) is 4.79 Å². The maximum atomic E-state index is 11.9. The Morgan fingerprint density at radius 2 is 1.96 bits per heavy atom. The first-order valence-corrected chi connectivity index (χ1v) is 9.82. The number of amides is 1. The predicted octanol–water partition coefficient (Wildman–Crippen LogP) is 4.32. The van der Waals surface area contributed by atoms with Gasteiger partial charge in [0.2, 0.25) is 5.91 Å². The van der Waals surface area contributed by atoms with Gasteiger partial charge in [0.05, 0.1) is 0 Å². The summed E-state index contributed by atoms with van der Waals surface area (Å²) < 4.78 is 2.21. The van der Waals surface area contributed by atoms with E-state index in [1.165, 1.54) is 22.4 Å². The van der Waals surface area contributed by atoms with Crippen molar-refractivity contribution >= 4 is 11.6 Å². The third-order valence-electron chi connectivity index (χ3n) is 5.31. The molecule has 3 aromatic rings. The molecule has 1 aliphatic carbocycles. The van der Waals surface area contributed by atoms with E-state index in [0.717, 1.165) is 37.0 Å². The molecular weight excluding hydrogens is 334 g/mol. The van der Waals surface area contributed by atoms with Crippen LogP contribution in [-0.4, -0.2) is 21.8 Å². The van der Waals surface area contributed by atoms with Gasteiger partial charge in [-0.25, -0.2) is 4.98 Å². The fraction of sp³-hybridized carbons (Fsp3) is 0.391. The van der Waals surface area contributed by atoms with E-state index in [0.29, 0.717) is 5.92 Å². The highest BCUT2D eigenvalue weighted by Crippen LogP contribution is 2.29. The van der Waals surface area contributed by atoms with Crippen LogP contribution in [0.1, 0.15) is 36.6 Å². The zero-order valence-electron chi connectivity index (χ0n) is 16.3. The van der Waals surface area contributed by atoms with Gasteiger partial charge >= 0.3 is 0 Å². The number of carbonyl (C=O) groups excluding carboxylic acids is 1. The van der Waals surface area contributed by atoms with E-state index in [1.807, 2.05) is 6.20 Å². The summed E-state index contributed by atoms with van der Waals surface area (Å²) in [6.45, 7) is 7.13. The van der Waals surface area contributed by atoms with Gasteiger partial charge in [-0.05, 0) is 56.2 Å². The Kier molecular flexibility index (Phi) is 4.73. The van der Waals surface area contributed by atoms with Crippen molar-refractivity contribution in [2.24, 2.45) is 11.8 Å². The molecule has 1 amide bonds. The minimum absolute atomic E-state index is 0.220. The summed E-state index contributed by atoms with van der Waals surface area (Å²) in [6.07, 6.45) is 7.13. The highest BCUT2D eigenvalue weighted by Gasteiger charge is 2.29. The number of aryl methyl sites for hydroxylation is 2. The fourth-order valence-electron chi connectivity index (χ4n) is 3.56. The molecule has 4 rings (SSSR count). The smallest absolute Gasteiger partial charge is 0.223 e. The van der Waals surface area contributed by atoms with Crippen LogP contribution in [0.15, 0.2) is 42.7 Å². The van der Waals surface area contributed by atoms with E-state index in [2.05, 4.69) is 67.0 Å². The summed E-state index contributed by atoms with van der Waals surface area (Å²) in [7, 11) is 0. The van der Waals surface area contributed by atoms with Crippen molar-refractivity contribution in [2.75, 3.05) is 6.54 Å². The second-order valence-electron chi connectivity index (χ2n) is 8.07. The zero-order chi connectivity index (χ0) is 19.0. The summed E-state index contributed by atoms with van der Waals surface area (Å²) in [5, 5.41) is 3.09. The van der Waals surface area contributed by atoms with Crippen molar-refractivity contribution in [1.82, 2.24) is 14.7 Å². The molecule has 0 aliphatic heterocycles. The predicted molar refractivity (Wildman–Crippen MR) is 109 cm³/mol. The van der Waals surface area contributed by atoms with E-state index in [1.54, 1.807) is 0 Å². The van der Waals surface area contributed by atoms with Crippen molar-refractivity contribution in [2.45, 2.75) is 40.0 Å². The van der Waals surface area contributed by atoms with E-state index in [4.69, 9.17) is 4.98 Å². The number of aromatic nitrogens is 2. The Balaban J connectivity index is 1.57. The van der Waals surface area contributed by atoms with Crippen LogP contribution in [0.3, 0.4) is 0 Å². The number of benzene rings is 1. The number of pyridine rings is 1. The van der Waals surface area contributed by atoms with Gasteiger partial charge in [0.1, 0.15) is 5.65 Å². The Morgan fingerprint density at radius 1 is 1.22 bits per heavy atom. The zero-order valence-corrected chi connectivity index (χ0v) is 16.3. The Hall–Kier alpha value is -2.62. The molecule has 4 nitrogen and oxygen atoms in total. The van der Waals surface area contributed by atoms with Gasteiger partial charge in [-0.1, -0.05) is 36.8 Å². The lowest BCUT2D eigenvalue weighted by atomic mass is 10.0. The summed E-state index contributed by atoms with van der Waals surface area (Å²) >= 11 is 0. The molecule has 27 heavy (non-hydrogen) atoms. The molecule has 1 aliphatic rings.